The molecule has 2 heterocycles. The second-order valence-corrected chi connectivity index (χ2v) is 6.98. The van der Waals surface area contributed by atoms with Gasteiger partial charge in [-0.3, -0.25) is 4.79 Å². The Morgan fingerprint density at radius 1 is 1.18 bits per heavy atom. The van der Waals surface area contributed by atoms with Crippen molar-refractivity contribution in [2.45, 2.75) is 6.92 Å². The zero-order valence-electron chi connectivity index (χ0n) is 15.3. The number of carbonyl (C=O) groups excluding carboxylic acids is 1. The van der Waals surface area contributed by atoms with Gasteiger partial charge in [0.05, 0.1) is 7.11 Å². The van der Waals surface area contributed by atoms with E-state index in [9.17, 15) is 4.79 Å². The minimum Gasteiger partial charge on any atom is -0.497 e. The number of aryl methyl sites for hydroxylation is 1. The van der Waals surface area contributed by atoms with Crippen LogP contribution in [-0.2, 0) is 4.79 Å². The number of fused-ring (bicyclic) bond motifs is 1. The molecule has 1 amide bonds. The molecule has 0 spiro atoms. The van der Waals surface area contributed by atoms with Crippen LogP contribution < -0.4 is 10.1 Å². The zero-order valence-corrected chi connectivity index (χ0v) is 16.1. The fourth-order valence-corrected chi connectivity index (χ4v) is 3.51. The topological polar surface area (TPSA) is 81.4 Å². The molecule has 2 aromatic carbocycles. The number of methoxy groups -OCH3 is 1. The van der Waals surface area contributed by atoms with E-state index in [4.69, 9.17) is 4.74 Å². The highest BCUT2D eigenvalue weighted by Crippen LogP contribution is 2.27. The molecule has 0 unspecified atom stereocenters. The van der Waals surface area contributed by atoms with Crippen molar-refractivity contribution in [2.75, 3.05) is 12.4 Å². The third kappa shape index (κ3) is 3.77. The van der Waals surface area contributed by atoms with E-state index in [1.165, 1.54) is 17.4 Å². The van der Waals surface area contributed by atoms with Crippen LogP contribution in [0.3, 0.4) is 0 Å². The van der Waals surface area contributed by atoms with E-state index in [1.807, 2.05) is 55.5 Å². The van der Waals surface area contributed by atoms with Crippen molar-refractivity contribution in [1.29, 1.82) is 0 Å². The second-order valence-electron chi connectivity index (χ2n) is 6.03. The van der Waals surface area contributed by atoms with E-state index >= 15 is 0 Å². The van der Waals surface area contributed by atoms with Gasteiger partial charge in [-0.05, 0) is 42.8 Å². The molecular weight excluding hydrogens is 374 g/mol. The molecule has 0 aliphatic rings. The van der Waals surface area contributed by atoms with Crippen LogP contribution >= 0.6 is 11.3 Å². The second kappa shape index (κ2) is 7.61. The first-order chi connectivity index (χ1) is 13.6. The first-order valence-electron chi connectivity index (χ1n) is 8.55. The fourth-order valence-electron chi connectivity index (χ4n) is 2.63. The maximum absolute atomic E-state index is 12.2. The molecular formula is C20H17N5O2S. The van der Waals surface area contributed by atoms with Gasteiger partial charge in [-0.25, -0.2) is 0 Å². The molecule has 0 bridgehead atoms. The Morgan fingerprint density at radius 3 is 2.75 bits per heavy atom. The predicted octanol–water partition coefficient (Wildman–Crippen LogP) is 3.82. The van der Waals surface area contributed by atoms with Crippen LogP contribution in [0.15, 0.2) is 54.6 Å². The standard InChI is InChI=1S/C20H17N5O2S/c1-13-22-23-20-25(13)24-19(28-20)15-4-3-5-16(12-15)21-18(26)11-8-14-6-9-17(27-2)10-7-14/h3-12H,1-2H3,(H,21,26)/b11-8+. The highest BCUT2D eigenvalue weighted by molar-refractivity contribution is 7.19. The summed E-state index contributed by atoms with van der Waals surface area (Å²) in [4.78, 5) is 13.0. The van der Waals surface area contributed by atoms with Crippen LogP contribution in [0.4, 0.5) is 5.69 Å². The lowest BCUT2D eigenvalue weighted by atomic mass is 10.2. The summed E-state index contributed by atoms with van der Waals surface area (Å²) in [5.74, 6) is 1.31. The van der Waals surface area contributed by atoms with Crippen molar-refractivity contribution in [3.05, 3.63) is 66.0 Å². The number of nitrogens with one attached hydrogen (secondary N) is 1. The van der Waals surface area contributed by atoms with Crippen molar-refractivity contribution < 1.29 is 9.53 Å². The average Bonchev–Trinajstić information content (AvgIpc) is 3.29. The van der Waals surface area contributed by atoms with Gasteiger partial charge in [0.15, 0.2) is 5.82 Å². The van der Waals surface area contributed by atoms with E-state index in [2.05, 4.69) is 20.6 Å². The Hall–Kier alpha value is -3.52. The van der Waals surface area contributed by atoms with Gasteiger partial charge in [0.2, 0.25) is 10.9 Å². The number of benzene rings is 2. The number of ether oxygens (including phenoxy) is 1. The molecule has 1 N–H and O–H groups in total. The predicted molar refractivity (Wildman–Crippen MR) is 109 cm³/mol. The molecule has 2 aromatic heterocycles. The van der Waals surface area contributed by atoms with Crippen LogP contribution in [0, 0.1) is 6.92 Å². The number of rotatable bonds is 5. The van der Waals surface area contributed by atoms with Crippen molar-refractivity contribution in [3.8, 4) is 16.3 Å². The summed E-state index contributed by atoms with van der Waals surface area (Å²) in [6.07, 6.45) is 3.26. The molecule has 0 saturated heterocycles. The van der Waals surface area contributed by atoms with Gasteiger partial charge in [-0.15, -0.1) is 10.2 Å². The summed E-state index contributed by atoms with van der Waals surface area (Å²) in [5.41, 5.74) is 2.52. The van der Waals surface area contributed by atoms with Gasteiger partial charge >= 0.3 is 0 Å². The number of anilines is 1. The lowest BCUT2D eigenvalue weighted by Gasteiger charge is -2.04. The number of hydrogen-bond acceptors (Lipinski definition) is 6. The number of hydrogen-bond donors (Lipinski definition) is 1. The van der Waals surface area contributed by atoms with Crippen molar-refractivity contribution in [3.63, 3.8) is 0 Å². The van der Waals surface area contributed by atoms with Gasteiger partial charge in [0.25, 0.3) is 0 Å². The van der Waals surface area contributed by atoms with Crippen molar-refractivity contribution >= 4 is 34.0 Å². The van der Waals surface area contributed by atoms with E-state index in [-0.39, 0.29) is 5.91 Å². The minimum absolute atomic E-state index is 0.207. The molecule has 7 nitrogen and oxygen atoms in total. The van der Waals surface area contributed by atoms with Crippen LogP contribution in [0.1, 0.15) is 11.4 Å². The fraction of sp³-hybridized carbons (Fsp3) is 0.100. The van der Waals surface area contributed by atoms with Gasteiger partial charge in [0.1, 0.15) is 10.8 Å². The molecule has 4 aromatic rings. The first-order valence-corrected chi connectivity index (χ1v) is 9.36. The maximum Gasteiger partial charge on any atom is 0.248 e. The molecule has 0 atom stereocenters. The highest BCUT2D eigenvalue weighted by Gasteiger charge is 2.11. The molecule has 8 heteroatoms. The normalized spacial score (nSPS) is 11.2. The van der Waals surface area contributed by atoms with Crippen molar-refractivity contribution in [2.24, 2.45) is 0 Å². The summed E-state index contributed by atoms with van der Waals surface area (Å²) >= 11 is 1.45. The molecule has 0 aliphatic carbocycles. The van der Waals surface area contributed by atoms with E-state index in [0.717, 1.165) is 32.7 Å². The third-order valence-electron chi connectivity index (χ3n) is 4.07. The van der Waals surface area contributed by atoms with Gasteiger partial charge in [-0.1, -0.05) is 35.6 Å². The van der Waals surface area contributed by atoms with E-state index in [0.29, 0.717) is 5.69 Å². The maximum atomic E-state index is 12.2. The lowest BCUT2D eigenvalue weighted by Crippen LogP contribution is -2.07. The summed E-state index contributed by atoms with van der Waals surface area (Å²) in [5, 5.41) is 16.3. The van der Waals surface area contributed by atoms with Gasteiger partial charge in [0, 0.05) is 17.3 Å². The summed E-state index contributed by atoms with van der Waals surface area (Å²) in [7, 11) is 1.62. The largest absolute Gasteiger partial charge is 0.497 e. The molecule has 0 aliphatic heterocycles. The number of carbonyl (C=O) groups is 1. The Kier molecular flexibility index (Phi) is 4.86. The zero-order chi connectivity index (χ0) is 19.5. The highest BCUT2D eigenvalue weighted by atomic mass is 32.1. The Bertz CT molecular complexity index is 1160. The van der Waals surface area contributed by atoms with E-state index in [1.54, 1.807) is 17.7 Å². The summed E-state index contributed by atoms with van der Waals surface area (Å²) < 4.78 is 6.84. The Morgan fingerprint density at radius 2 is 2.00 bits per heavy atom. The molecule has 0 radical (unpaired) electrons. The monoisotopic (exact) mass is 391 g/mol. The van der Waals surface area contributed by atoms with Crippen LogP contribution in [0.2, 0.25) is 0 Å². The molecule has 4 rings (SSSR count). The number of aromatic nitrogens is 4. The van der Waals surface area contributed by atoms with E-state index < -0.39 is 0 Å². The third-order valence-corrected chi connectivity index (χ3v) is 5.01. The Labute approximate surface area is 165 Å². The lowest BCUT2D eigenvalue weighted by molar-refractivity contribution is -0.111. The summed E-state index contributed by atoms with van der Waals surface area (Å²) in [6.45, 7) is 1.86. The Balaban J connectivity index is 1.47. The van der Waals surface area contributed by atoms with Crippen molar-refractivity contribution in [1.82, 2.24) is 19.8 Å². The number of amides is 1. The van der Waals surface area contributed by atoms with Crippen LogP contribution in [-0.4, -0.2) is 32.8 Å². The minimum atomic E-state index is -0.207. The smallest absolute Gasteiger partial charge is 0.248 e. The first kappa shape index (κ1) is 17.9. The SMILES string of the molecule is COc1ccc(/C=C/C(=O)Nc2cccc(-c3nn4c(C)nnc4s3)c2)cc1. The van der Waals surface area contributed by atoms with Gasteiger partial charge < -0.3 is 10.1 Å². The van der Waals surface area contributed by atoms with Gasteiger partial charge in [-0.2, -0.15) is 9.61 Å². The molecule has 28 heavy (non-hydrogen) atoms. The quantitative estimate of drug-likeness (QED) is 0.523. The molecule has 140 valence electrons. The molecule has 0 fully saturated rings. The van der Waals surface area contributed by atoms with Crippen LogP contribution in [0.25, 0.3) is 21.6 Å². The summed E-state index contributed by atoms with van der Waals surface area (Å²) in [6, 6.07) is 15.0. The average molecular weight is 391 g/mol. The van der Waals surface area contributed by atoms with Crippen LogP contribution in [0.5, 0.6) is 5.75 Å². The molecule has 0 saturated carbocycles. The number of nitrogens with zero attached hydrogens (tertiary/aromatic N) is 4.